The zero-order chi connectivity index (χ0) is 13.4. The molecule has 0 unspecified atom stereocenters. The molecule has 1 amide bonds. The Bertz CT molecular complexity index is 389. The van der Waals surface area contributed by atoms with E-state index in [4.69, 9.17) is 5.11 Å². The number of rotatable bonds is 7. The van der Waals surface area contributed by atoms with E-state index in [0.29, 0.717) is 6.42 Å². The molecule has 2 N–H and O–H groups in total. The van der Waals surface area contributed by atoms with Gasteiger partial charge in [0.15, 0.2) is 0 Å². The molecule has 0 bridgehead atoms. The molecule has 18 heavy (non-hydrogen) atoms. The number of nitrogens with one attached hydrogen (secondary N) is 1. The number of hydrogen-bond acceptors (Lipinski definition) is 2. The second kappa shape index (κ2) is 7.48. The highest BCUT2D eigenvalue weighted by atomic mass is 16.4. The minimum absolute atomic E-state index is 0.00327. The highest BCUT2D eigenvalue weighted by Crippen LogP contribution is 2.16. The lowest BCUT2D eigenvalue weighted by molar-refractivity contribution is -0.137. The molecule has 0 aliphatic heterocycles. The van der Waals surface area contributed by atoms with Crippen LogP contribution in [0.2, 0.25) is 0 Å². The molecule has 1 rings (SSSR count). The summed E-state index contributed by atoms with van der Waals surface area (Å²) in [5, 5.41) is 11.4. The Hall–Kier alpha value is -1.84. The standard InChI is InChI=1S/C14H19NO3/c1-2-12(11-7-4-3-5-8-11)15-13(16)9-6-10-14(17)18/h3-5,7-8,12H,2,6,9-10H2,1H3,(H,15,16)(H,17,18)/t12-/m0/s1. The molecular formula is C14H19NO3. The molecule has 0 fully saturated rings. The monoisotopic (exact) mass is 249 g/mol. The quantitative estimate of drug-likeness (QED) is 0.780. The first-order chi connectivity index (χ1) is 8.63. The van der Waals surface area contributed by atoms with E-state index < -0.39 is 5.97 Å². The highest BCUT2D eigenvalue weighted by molar-refractivity contribution is 5.77. The molecule has 0 saturated heterocycles. The third kappa shape index (κ3) is 4.99. The number of benzene rings is 1. The molecule has 98 valence electrons. The number of carboxylic acids is 1. The minimum atomic E-state index is -0.863. The molecule has 1 aromatic rings. The second-order valence-corrected chi connectivity index (χ2v) is 4.19. The summed E-state index contributed by atoms with van der Waals surface area (Å²) in [7, 11) is 0. The van der Waals surface area contributed by atoms with Gasteiger partial charge in [0.2, 0.25) is 5.91 Å². The van der Waals surface area contributed by atoms with E-state index in [1.807, 2.05) is 37.3 Å². The molecule has 0 aliphatic carbocycles. The normalized spacial score (nSPS) is 11.8. The van der Waals surface area contributed by atoms with Crippen molar-refractivity contribution < 1.29 is 14.7 Å². The highest BCUT2D eigenvalue weighted by Gasteiger charge is 2.12. The van der Waals surface area contributed by atoms with Crippen LogP contribution in [0.25, 0.3) is 0 Å². The van der Waals surface area contributed by atoms with E-state index in [9.17, 15) is 9.59 Å². The van der Waals surface area contributed by atoms with Gasteiger partial charge in [0.05, 0.1) is 6.04 Å². The van der Waals surface area contributed by atoms with E-state index in [1.165, 1.54) is 0 Å². The summed E-state index contributed by atoms with van der Waals surface area (Å²) in [5.74, 6) is -0.954. The second-order valence-electron chi connectivity index (χ2n) is 4.19. The summed E-state index contributed by atoms with van der Waals surface area (Å²) >= 11 is 0. The van der Waals surface area contributed by atoms with Crippen molar-refractivity contribution in [3.63, 3.8) is 0 Å². The summed E-state index contributed by atoms with van der Waals surface area (Å²) in [6.45, 7) is 2.01. The molecule has 0 saturated carbocycles. The average Bonchev–Trinajstić information content (AvgIpc) is 2.36. The molecule has 1 atom stereocenters. The van der Waals surface area contributed by atoms with Gasteiger partial charge in [0, 0.05) is 12.8 Å². The van der Waals surface area contributed by atoms with Crippen LogP contribution in [0.15, 0.2) is 30.3 Å². The maximum atomic E-state index is 11.7. The molecular weight excluding hydrogens is 230 g/mol. The van der Waals surface area contributed by atoms with Gasteiger partial charge in [-0.3, -0.25) is 9.59 Å². The van der Waals surface area contributed by atoms with Crippen LogP contribution in [0.1, 0.15) is 44.2 Å². The SMILES string of the molecule is CC[C@H](NC(=O)CCCC(=O)O)c1ccccc1. The Labute approximate surface area is 107 Å². The van der Waals surface area contributed by atoms with Gasteiger partial charge in [-0.2, -0.15) is 0 Å². The minimum Gasteiger partial charge on any atom is -0.481 e. The average molecular weight is 249 g/mol. The van der Waals surface area contributed by atoms with Crippen molar-refractivity contribution in [1.29, 1.82) is 0 Å². The van der Waals surface area contributed by atoms with Crippen molar-refractivity contribution in [2.75, 3.05) is 0 Å². The Morgan fingerprint density at radius 1 is 1.22 bits per heavy atom. The molecule has 1 aromatic carbocycles. The fourth-order valence-corrected chi connectivity index (χ4v) is 1.77. The van der Waals surface area contributed by atoms with Crippen molar-refractivity contribution in [1.82, 2.24) is 5.32 Å². The first-order valence-electron chi connectivity index (χ1n) is 6.19. The summed E-state index contributed by atoms with van der Waals surface area (Å²) < 4.78 is 0. The van der Waals surface area contributed by atoms with E-state index in [0.717, 1.165) is 12.0 Å². The van der Waals surface area contributed by atoms with Gasteiger partial charge in [0.25, 0.3) is 0 Å². The number of carbonyl (C=O) groups is 2. The maximum Gasteiger partial charge on any atom is 0.303 e. The zero-order valence-electron chi connectivity index (χ0n) is 10.6. The van der Waals surface area contributed by atoms with E-state index >= 15 is 0 Å². The third-order valence-electron chi connectivity index (χ3n) is 2.74. The van der Waals surface area contributed by atoms with Gasteiger partial charge in [-0.1, -0.05) is 37.3 Å². The Morgan fingerprint density at radius 3 is 2.44 bits per heavy atom. The van der Waals surface area contributed by atoms with Gasteiger partial charge in [-0.25, -0.2) is 0 Å². The van der Waals surface area contributed by atoms with E-state index in [2.05, 4.69) is 5.32 Å². The van der Waals surface area contributed by atoms with Crippen LogP contribution in [0.3, 0.4) is 0 Å². The largest absolute Gasteiger partial charge is 0.481 e. The summed E-state index contributed by atoms with van der Waals surface area (Å²) in [6, 6.07) is 9.77. The van der Waals surface area contributed by atoms with Crippen LogP contribution in [0, 0.1) is 0 Å². The van der Waals surface area contributed by atoms with Crippen LogP contribution < -0.4 is 5.32 Å². The van der Waals surface area contributed by atoms with Crippen LogP contribution in [0.5, 0.6) is 0 Å². The van der Waals surface area contributed by atoms with Crippen LogP contribution in [-0.4, -0.2) is 17.0 Å². The number of carboxylic acid groups (broad SMARTS) is 1. The van der Waals surface area contributed by atoms with E-state index in [-0.39, 0.29) is 24.8 Å². The fourth-order valence-electron chi connectivity index (χ4n) is 1.77. The summed E-state index contributed by atoms with van der Waals surface area (Å²) in [5.41, 5.74) is 1.08. The molecule has 0 spiro atoms. The maximum absolute atomic E-state index is 11.7. The predicted molar refractivity (Wildman–Crippen MR) is 69.1 cm³/mol. The van der Waals surface area contributed by atoms with Gasteiger partial charge in [-0.15, -0.1) is 0 Å². The van der Waals surface area contributed by atoms with Gasteiger partial charge < -0.3 is 10.4 Å². The smallest absolute Gasteiger partial charge is 0.303 e. The van der Waals surface area contributed by atoms with Gasteiger partial charge in [-0.05, 0) is 18.4 Å². The van der Waals surface area contributed by atoms with E-state index in [1.54, 1.807) is 0 Å². The lowest BCUT2D eigenvalue weighted by Gasteiger charge is -2.17. The number of aliphatic carboxylic acids is 1. The number of hydrogen-bond donors (Lipinski definition) is 2. The summed E-state index contributed by atoms with van der Waals surface area (Å²) in [4.78, 5) is 22.0. The molecule has 0 aliphatic rings. The molecule has 4 heteroatoms. The number of amides is 1. The lowest BCUT2D eigenvalue weighted by atomic mass is 10.0. The topological polar surface area (TPSA) is 66.4 Å². The Kier molecular flexibility index (Phi) is 5.91. The van der Waals surface area contributed by atoms with Crippen LogP contribution in [-0.2, 0) is 9.59 Å². The molecule has 0 radical (unpaired) electrons. The first kappa shape index (κ1) is 14.2. The lowest BCUT2D eigenvalue weighted by Crippen LogP contribution is -2.27. The van der Waals surface area contributed by atoms with Crippen molar-refractivity contribution in [3.05, 3.63) is 35.9 Å². The van der Waals surface area contributed by atoms with Crippen molar-refractivity contribution in [3.8, 4) is 0 Å². The molecule has 0 heterocycles. The van der Waals surface area contributed by atoms with Crippen molar-refractivity contribution in [2.24, 2.45) is 0 Å². The predicted octanol–water partition coefficient (Wildman–Crippen LogP) is 2.51. The van der Waals surface area contributed by atoms with Crippen molar-refractivity contribution >= 4 is 11.9 Å². The van der Waals surface area contributed by atoms with Gasteiger partial charge in [0.1, 0.15) is 0 Å². The summed E-state index contributed by atoms with van der Waals surface area (Å²) in [6.07, 6.45) is 1.49. The zero-order valence-corrected chi connectivity index (χ0v) is 10.6. The van der Waals surface area contributed by atoms with Crippen LogP contribution in [0.4, 0.5) is 0 Å². The fraction of sp³-hybridized carbons (Fsp3) is 0.429. The van der Waals surface area contributed by atoms with Crippen molar-refractivity contribution in [2.45, 2.75) is 38.6 Å². The molecule has 0 aromatic heterocycles. The first-order valence-corrected chi connectivity index (χ1v) is 6.19. The van der Waals surface area contributed by atoms with Gasteiger partial charge >= 0.3 is 5.97 Å². The number of carbonyl (C=O) groups excluding carboxylic acids is 1. The van der Waals surface area contributed by atoms with Crippen LogP contribution >= 0.6 is 0 Å². The Morgan fingerprint density at radius 2 is 1.89 bits per heavy atom. The third-order valence-corrected chi connectivity index (χ3v) is 2.74. The Balaban J connectivity index is 2.44. The molecule has 4 nitrogen and oxygen atoms in total.